The molecule has 3 fully saturated rings. The van der Waals surface area contributed by atoms with E-state index >= 15 is 0 Å². The first-order valence-electron chi connectivity index (χ1n) is 20.1. The Kier molecular flexibility index (Phi) is 10.5. The zero-order valence-corrected chi connectivity index (χ0v) is 34.2. The molecular weight excluding hydrogens is 786 g/mol. The summed E-state index contributed by atoms with van der Waals surface area (Å²) in [6.07, 6.45) is 5.98. The maximum atomic E-state index is 14.9. The van der Waals surface area contributed by atoms with E-state index in [0.29, 0.717) is 58.8 Å². The van der Waals surface area contributed by atoms with E-state index in [2.05, 4.69) is 15.4 Å². The monoisotopic (exact) mass is 833 g/mol. The van der Waals surface area contributed by atoms with Crippen molar-refractivity contribution in [1.82, 2.24) is 25.2 Å². The number of halogens is 1. The topological polar surface area (TPSA) is 195 Å². The van der Waals surface area contributed by atoms with E-state index in [4.69, 9.17) is 23.6 Å². The Morgan fingerprint density at radius 1 is 1.05 bits per heavy atom. The van der Waals surface area contributed by atoms with Crippen LogP contribution in [0.3, 0.4) is 0 Å². The van der Waals surface area contributed by atoms with Gasteiger partial charge < -0.3 is 34.2 Å². The minimum absolute atomic E-state index is 0.0838. The molecule has 8 rings (SSSR count). The number of pyridine rings is 1. The summed E-state index contributed by atoms with van der Waals surface area (Å²) in [7, 11) is -2.44. The molecule has 2 aliphatic heterocycles. The Morgan fingerprint density at radius 3 is 2.59 bits per heavy atom. The lowest BCUT2D eigenvalue weighted by Crippen LogP contribution is -2.58. The molecular formula is C42H48FN5O10S. The molecule has 2 aliphatic carbocycles. The van der Waals surface area contributed by atoms with Gasteiger partial charge in [0.25, 0.3) is 5.91 Å². The number of fused-ring (bicyclic) bond motifs is 6. The number of para-hydroxylation sites is 1. The van der Waals surface area contributed by atoms with Crippen molar-refractivity contribution in [3.63, 3.8) is 0 Å². The third kappa shape index (κ3) is 8.13. The lowest BCUT2D eigenvalue weighted by atomic mass is 10.0. The van der Waals surface area contributed by atoms with Crippen molar-refractivity contribution in [2.45, 2.75) is 113 Å². The second-order valence-electron chi connectivity index (χ2n) is 16.9. The summed E-state index contributed by atoms with van der Waals surface area (Å²) < 4.78 is 67.0. The van der Waals surface area contributed by atoms with E-state index < -0.39 is 80.2 Å². The van der Waals surface area contributed by atoms with E-state index in [9.17, 15) is 32.0 Å². The van der Waals surface area contributed by atoms with Gasteiger partial charge in [0, 0.05) is 17.7 Å². The van der Waals surface area contributed by atoms with Gasteiger partial charge in [-0.1, -0.05) is 31.1 Å². The SMILES string of the molecule is COc1cccc2c1oc1c(O[C@@H]3C[C@H]4C(=O)N[C@]5(C(=O)NS(=O)(=O)C6CC6)C[C@H]5C=CCCCCC[C@H](NC(=O)OC(C)(C)C)C(=O)N4C3)c3cc(F)ccc3nc12. The van der Waals surface area contributed by atoms with Crippen molar-refractivity contribution >= 4 is 66.8 Å². The molecule has 4 heterocycles. The molecule has 4 aromatic rings. The quantitative estimate of drug-likeness (QED) is 0.198. The largest absolute Gasteiger partial charge is 0.493 e. The minimum atomic E-state index is -3.95. The van der Waals surface area contributed by atoms with Crippen LogP contribution in [-0.2, 0) is 29.1 Å². The molecule has 314 valence electrons. The van der Waals surface area contributed by atoms with E-state index in [0.717, 1.165) is 12.8 Å². The molecule has 2 saturated carbocycles. The van der Waals surface area contributed by atoms with Crippen LogP contribution in [0.1, 0.15) is 78.6 Å². The van der Waals surface area contributed by atoms with Crippen LogP contribution >= 0.6 is 0 Å². The summed E-state index contributed by atoms with van der Waals surface area (Å²) in [4.78, 5) is 62.3. The highest BCUT2D eigenvalue weighted by Crippen LogP contribution is 2.47. The average molecular weight is 834 g/mol. The van der Waals surface area contributed by atoms with Crippen LogP contribution in [0.25, 0.3) is 33.0 Å². The molecule has 59 heavy (non-hydrogen) atoms. The van der Waals surface area contributed by atoms with Crippen molar-refractivity contribution in [2.24, 2.45) is 5.92 Å². The molecule has 3 N–H and O–H groups in total. The fraction of sp³-hybridized carbons (Fsp3) is 0.500. The molecule has 2 aromatic carbocycles. The number of alkyl carbamates (subject to hydrolysis) is 1. The maximum absolute atomic E-state index is 14.9. The number of nitrogens with one attached hydrogen (secondary N) is 3. The van der Waals surface area contributed by atoms with Crippen LogP contribution in [-0.4, -0.2) is 90.3 Å². The second kappa shape index (κ2) is 15.3. The highest BCUT2D eigenvalue weighted by atomic mass is 32.2. The lowest BCUT2D eigenvalue weighted by molar-refractivity contribution is -0.141. The molecule has 1 saturated heterocycles. The van der Waals surface area contributed by atoms with Gasteiger partial charge in [0.15, 0.2) is 22.7 Å². The number of ether oxygens (including phenoxy) is 3. The van der Waals surface area contributed by atoms with Crippen molar-refractivity contribution in [3.05, 3.63) is 54.4 Å². The number of amides is 4. The second-order valence-corrected chi connectivity index (χ2v) is 18.9. The van der Waals surface area contributed by atoms with Gasteiger partial charge in [-0.25, -0.2) is 22.6 Å². The number of carbonyl (C=O) groups excluding carboxylic acids is 4. The normalized spacial score (nSPS) is 25.4. The number of hydrogen-bond acceptors (Lipinski definition) is 11. The first kappa shape index (κ1) is 40.3. The van der Waals surface area contributed by atoms with E-state index in [1.807, 2.05) is 18.2 Å². The Labute approximate surface area is 340 Å². The lowest BCUT2D eigenvalue weighted by Gasteiger charge is -2.30. The first-order chi connectivity index (χ1) is 28.1. The van der Waals surface area contributed by atoms with Gasteiger partial charge in [0.05, 0.1) is 29.8 Å². The third-order valence-electron chi connectivity index (χ3n) is 11.3. The molecule has 4 amide bonds. The fourth-order valence-electron chi connectivity index (χ4n) is 8.12. The summed E-state index contributed by atoms with van der Waals surface area (Å²) >= 11 is 0. The molecule has 0 unspecified atom stereocenters. The number of rotatable bonds is 7. The molecule has 0 spiro atoms. The van der Waals surface area contributed by atoms with Crippen molar-refractivity contribution in [1.29, 1.82) is 0 Å². The summed E-state index contributed by atoms with van der Waals surface area (Å²) in [5.74, 6) is -2.56. The molecule has 2 aromatic heterocycles. The number of furan rings is 1. The third-order valence-corrected chi connectivity index (χ3v) is 13.2. The molecule has 15 nitrogen and oxygen atoms in total. The Bertz CT molecular complexity index is 2500. The molecule has 0 bridgehead atoms. The maximum Gasteiger partial charge on any atom is 0.408 e. The molecule has 0 radical (unpaired) electrons. The smallest absolute Gasteiger partial charge is 0.408 e. The molecule has 4 aliphatic rings. The number of benzene rings is 2. The van der Waals surface area contributed by atoms with E-state index in [1.165, 1.54) is 30.2 Å². The zero-order chi connectivity index (χ0) is 41.9. The minimum Gasteiger partial charge on any atom is -0.493 e. The number of nitrogens with zero attached hydrogens (tertiary/aromatic N) is 2. The van der Waals surface area contributed by atoms with Crippen LogP contribution in [0.4, 0.5) is 9.18 Å². The van der Waals surface area contributed by atoms with Crippen molar-refractivity contribution < 1.29 is 50.6 Å². The number of allylic oxidation sites excluding steroid dienone is 1. The predicted molar refractivity (Wildman–Crippen MR) is 215 cm³/mol. The molecule has 17 heteroatoms. The van der Waals surface area contributed by atoms with Crippen LogP contribution in [0.2, 0.25) is 0 Å². The van der Waals surface area contributed by atoms with Gasteiger partial charge in [0.1, 0.15) is 40.7 Å². The van der Waals surface area contributed by atoms with Crippen LogP contribution in [0.15, 0.2) is 53.0 Å². The molecule has 5 atom stereocenters. The summed E-state index contributed by atoms with van der Waals surface area (Å²) in [6.45, 7) is 4.97. The Hall–Kier alpha value is -5.45. The van der Waals surface area contributed by atoms with Crippen LogP contribution < -0.4 is 24.8 Å². The van der Waals surface area contributed by atoms with Gasteiger partial charge in [-0.15, -0.1) is 0 Å². The summed E-state index contributed by atoms with van der Waals surface area (Å²) in [5.41, 5.74) is -0.996. The first-order valence-corrected chi connectivity index (χ1v) is 21.6. The predicted octanol–water partition coefficient (Wildman–Crippen LogP) is 5.53. The highest BCUT2D eigenvalue weighted by molar-refractivity contribution is 7.91. The average Bonchev–Trinajstić information content (AvgIpc) is 4.07. The van der Waals surface area contributed by atoms with Crippen molar-refractivity contribution in [2.75, 3.05) is 13.7 Å². The number of aromatic nitrogens is 1. The Morgan fingerprint density at radius 2 is 1.85 bits per heavy atom. The van der Waals surface area contributed by atoms with Crippen molar-refractivity contribution in [3.8, 4) is 11.5 Å². The van der Waals surface area contributed by atoms with Gasteiger partial charge in [-0.3, -0.25) is 19.1 Å². The Balaban J connectivity index is 1.17. The number of sulfonamides is 1. The zero-order valence-electron chi connectivity index (χ0n) is 33.3. The summed E-state index contributed by atoms with van der Waals surface area (Å²) in [5, 5.41) is 5.84. The van der Waals surface area contributed by atoms with Gasteiger partial charge >= 0.3 is 6.09 Å². The number of hydrogen-bond donors (Lipinski definition) is 3. The van der Waals surface area contributed by atoms with Crippen LogP contribution in [0.5, 0.6) is 11.5 Å². The number of methoxy groups -OCH3 is 1. The van der Waals surface area contributed by atoms with E-state index in [-0.39, 0.29) is 37.1 Å². The van der Waals surface area contributed by atoms with Gasteiger partial charge in [-0.2, -0.15) is 0 Å². The van der Waals surface area contributed by atoms with Gasteiger partial charge in [-0.05, 0) is 89.6 Å². The fourth-order valence-corrected chi connectivity index (χ4v) is 9.48. The van der Waals surface area contributed by atoms with Crippen LogP contribution in [0, 0.1) is 11.7 Å². The van der Waals surface area contributed by atoms with Gasteiger partial charge in [0.2, 0.25) is 21.8 Å². The number of carbonyl (C=O) groups is 4. The standard InChI is InChI=1S/C42H48FN5O10S/c1-41(2,3)58-40(52)45-30-13-9-7-5-6-8-11-23-21-42(23,39(51)47-59(53,54)26-16-17-26)46-37(49)31-20-25(22-48(31)38(30)50)56-35-28-19-24(43)15-18-29(28)44-33-27-12-10-14-32(55-4)34(27)57-36(33)35/h8,10-12,14-15,18-19,23,25-26,30-31H,5-7,9,13,16-17,20-22H2,1-4H3,(H,45,52)(H,46,49)(H,47,51)/t23-,25-,30+,31+,42-/m1/s1. The highest BCUT2D eigenvalue weighted by Gasteiger charge is 2.62. The summed E-state index contributed by atoms with van der Waals surface area (Å²) in [6, 6.07) is 7.09. The van der Waals surface area contributed by atoms with E-state index in [1.54, 1.807) is 32.9 Å².